The number of furan rings is 2. The third-order valence-corrected chi connectivity index (χ3v) is 5.80. The van der Waals surface area contributed by atoms with Gasteiger partial charge in [0, 0.05) is 5.02 Å². The van der Waals surface area contributed by atoms with Gasteiger partial charge in [0.1, 0.15) is 23.9 Å². The highest BCUT2D eigenvalue weighted by molar-refractivity contribution is 7.99. The van der Waals surface area contributed by atoms with Crippen molar-refractivity contribution in [3.05, 3.63) is 70.3 Å². The first-order valence-corrected chi connectivity index (χ1v) is 11.1. The van der Waals surface area contributed by atoms with Crippen LogP contribution in [0.3, 0.4) is 0 Å². The normalized spacial score (nSPS) is 11.5. The number of thioether (sulfide) groups is 1. The van der Waals surface area contributed by atoms with E-state index in [1.807, 2.05) is 51.1 Å². The van der Waals surface area contributed by atoms with E-state index in [1.165, 1.54) is 0 Å². The smallest absolute Gasteiger partial charge is 0.221 e. The first kappa shape index (κ1) is 21.3. The lowest BCUT2D eigenvalue weighted by Gasteiger charge is -2.08. The van der Waals surface area contributed by atoms with Gasteiger partial charge in [-0.15, -0.1) is 10.2 Å². The van der Waals surface area contributed by atoms with Crippen LogP contribution in [0, 0.1) is 13.8 Å². The Morgan fingerprint density at radius 3 is 2.71 bits per heavy atom. The first-order valence-electron chi connectivity index (χ1n) is 9.70. The molecule has 0 amide bonds. The number of benzene rings is 1. The van der Waals surface area contributed by atoms with Crippen molar-refractivity contribution in [2.24, 2.45) is 5.10 Å². The zero-order valence-corrected chi connectivity index (χ0v) is 18.9. The Hall–Kier alpha value is -2.97. The van der Waals surface area contributed by atoms with Crippen molar-refractivity contribution in [2.75, 3.05) is 5.75 Å². The van der Waals surface area contributed by atoms with Crippen LogP contribution in [0.15, 0.2) is 61.8 Å². The second-order valence-corrected chi connectivity index (χ2v) is 8.35. The third kappa shape index (κ3) is 4.86. The molecule has 7 nitrogen and oxygen atoms in total. The third-order valence-electron chi connectivity index (χ3n) is 4.40. The fourth-order valence-electron chi connectivity index (χ4n) is 2.95. The molecule has 31 heavy (non-hydrogen) atoms. The Balaban J connectivity index is 1.49. The van der Waals surface area contributed by atoms with Gasteiger partial charge >= 0.3 is 0 Å². The number of hydrogen-bond acceptors (Lipinski definition) is 7. The van der Waals surface area contributed by atoms with E-state index >= 15 is 0 Å². The molecule has 3 heterocycles. The van der Waals surface area contributed by atoms with Gasteiger partial charge in [0.25, 0.3) is 0 Å². The summed E-state index contributed by atoms with van der Waals surface area (Å²) in [6, 6.07) is 11.1. The molecule has 0 atom stereocenters. The van der Waals surface area contributed by atoms with E-state index in [0.29, 0.717) is 34.9 Å². The van der Waals surface area contributed by atoms with Crippen LogP contribution in [0.5, 0.6) is 5.75 Å². The first-order chi connectivity index (χ1) is 15.0. The van der Waals surface area contributed by atoms with Crippen LogP contribution < -0.4 is 4.74 Å². The molecule has 160 valence electrons. The van der Waals surface area contributed by atoms with Crippen molar-refractivity contribution in [1.29, 1.82) is 0 Å². The number of ether oxygens (including phenoxy) is 1. The highest BCUT2D eigenvalue weighted by atomic mass is 35.5. The summed E-state index contributed by atoms with van der Waals surface area (Å²) in [6.45, 7) is 6.26. The molecule has 0 saturated carbocycles. The molecular weight excluding hydrogens is 436 g/mol. The molecule has 0 aliphatic rings. The van der Waals surface area contributed by atoms with E-state index in [4.69, 9.17) is 25.2 Å². The van der Waals surface area contributed by atoms with Crippen molar-refractivity contribution in [2.45, 2.75) is 32.5 Å². The van der Waals surface area contributed by atoms with Crippen LogP contribution >= 0.6 is 23.4 Å². The summed E-state index contributed by atoms with van der Waals surface area (Å²) in [4.78, 5) is 0. The summed E-state index contributed by atoms with van der Waals surface area (Å²) in [5, 5.41) is 14.4. The minimum Gasteiger partial charge on any atom is -0.486 e. The molecule has 0 aliphatic heterocycles. The largest absolute Gasteiger partial charge is 0.486 e. The van der Waals surface area contributed by atoms with E-state index in [-0.39, 0.29) is 0 Å². The minimum atomic E-state index is 0.301. The standard InChI is InChI=1S/C22H21ClN4O3S/c1-4-31-22-26-25-21(19-6-5-9-28-19)27(22)24-12-16-7-8-17(30-16)13-29-18-10-14(2)20(23)15(3)11-18/h5-12H,4,13H2,1-3H3/b24-12-. The van der Waals surface area contributed by atoms with E-state index in [9.17, 15) is 0 Å². The Morgan fingerprint density at radius 2 is 2.00 bits per heavy atom. The average Bonchev–Trinajstić information content (AvgIpc) is 3.50. The number of halogens is 1. The number of nitrogens with zero attached hydrogens (tertiary/aromatic N) is 4. The summed E-state index contributed by atoms with van der Waals surface area (Å²) in [7, 11) is 0. The van der Waals surface area contributed by atoms with Gasteiger partial charge in [0.15, 0.2) is 5.76 Å². The lowest BCUT2D eigenvalue weighted by Crippen LogP contribution is -1.96. The van der Waals surface area contributed by atoms with Gasteiger partial charge in [-0.25, -0.2) is 0 Å². The van der Waals surface area contributed by atoms with E-state index in [0.717, 1.165) is 27.7 Å². The zero-order chi connectivity index (χ0) is 21.8. The topological polar surface area (TPSA) is 78.6 Å². The molecule has 0 saturated heterocycles. The van der Waals surface area contributed by atoms with Crippen LogP contribution in [0.1, 0.15) is 29.6 Å². The number of rotatable bonds is 8. The molecule has 0 aliphatic carbocycles. The lowest BCUT2D eigenvalue weighted by atomic mass is 10.1. The second-order valence-electron chi connectivity index (χ2n) is 6.74. The summed E-state index contributed by atoms with van der Waals surface area (Å²) < 4.78 is 18.8. The summed E-state index contributed by atoms with van der Waals surface area (Å²) in [5.74, 6) is 3.99. The Morgan fingerprint density at radius 1 is 1.19 bits per heavy atom. The molecular formula is C22H21ClN4O3S. The molecule has 0 spiro atoms. The number of hydrogen-bond donors (Lipinski definition) is 0. The molecule has 0 bridgehead atoms. The van der Waals surface area contributed by atoms with Crippen molar-refractivity contribution in [1.82, 2.24) is 14.9 Å². The van der Waals surface area contributed by atoms with Crippen LogP contribution in [0.4, 0.5) is 0 Å². The predicted octanol–water partition coefficient (Wildman–Crippen LogP) is 5.97. The predicted molar refractivity (Wildman–Crippen MR) is 121 cm³/mol. The molecule has 4 aromatic rings. The van der Waals surface area contributed by atoms with Crippen molar-refractivity contribution in [3.8, 4) is 17.3 Å². The van der Waals surface area contributed by atoms with E-state index in [2.05, 4.69) is 15.3 Å². The Kier molecular flexibility index (Phi) is 6.48. The number of aryl methyl sites for hydroxylation is 2. The molecule has 0 N–H and O–H groups in total. The monoisotopic (exact) mass is 456 g/mol. The quantitative estimate of drug-likeness (QED) is 0.240. The fourth-order valence-corrected chi connectivity index (χ4v) is 3.67. The zero-order valence-electron chi connectivity index (χ0n) is 17.3. The fraction of sp³-hybridized carbons (Fsp3) is 0.227. The molecule has 0 radical (unpaired) electrons. The van der Waals surface area contributed by atoms with Crippen molar-refractivity contribution in [3.63, 3.8) is 0 Å². The summed E-state index contributed by atoms with van der Waals surface area (Å²) >= 11 is 7.76. The maximum atomic E-state index is 6.21. The number of aromatic nitrogens is 3. The lowest BCUT2D eigenvalue weighted by molar-refractivity contribution is 0.269. The Bertz CT molecular complexity index is 1170. The van der Waals surface area contributed by atoms with Gasteiger partial charge in [-0.1, -0.05) is 30.3 Å². The van der Waals surface area contributed by atoms with Crippen LogP contribution in [-0.2, 0) is 6.61 Å². The maximum absolute atomic E-state index is 6.21. The van der Waals surface area contributed by atoms with Gasteiger partial charge in [-0.3, -0.25) is 0 Å². The van der Waals surface area contributed by atoms with Crippen LogP contribution in [0.25, 0.3) is 11.6 Å². The average molecular weight is 457 g/mol. The van der Waals surface area contributed by atoms with Gasteiger partial charge in [0.05, 0.1) is 12.5 Å². The molecule has 0 fully saturated rings. The van der Waals surface area contributed by atoms with Crippen molar-refractivity contribution < 1.29 is 13.6 Å². The van der Waals surface area contributed by atoms with Gasteiger partial charge in [-0.2, -0.15) is 9.78 Å². The van der Waals surface area contributed by atoms with Crippen molar-refractivity contribution >= 4 is 29.6 Å². The SMILES string of the molecule is CCSc1nnc(-c2ccco2)n1/N=C\c1ccc(COc2cc(C)c(Cl)c(C)c2)o1. The van der Waals surface area contributed by atoms with Crippen LogP contribution in [-0.4, -0.2) is 26.8 Å². The van der Waals surface area contributed by atoms with E-state index in [1.54, 1.807) is 35.0 Å². The summed E-state index contributed by atoms with van der Waals surface area (Å²) in [6.07, 6.45) is 3.21. The van der Waals surface area contributed by atoms with Gasteiger partial charge < -0.3 is 13.6 Å². The second kappa shape index (κ2) is 9.45. The molecule has 4 rings (SSSR count). The molecule has 9 heteroatoms. The minimum absolute atomic E-state index is 0.301. The molecule has 1 aromatic carbocycles. The van der Waals surface area contributed by atoms with Crippen LogP contribution in [0.2, 0.25) is 5.02 Å². The summed E-state index contributed by atoms with van der Waals surface area (Å²) in [5.41, 5.74) is 1.96. The molecule has 3 aromatic heterocycles. The molecule has 0 unspecified atom stereocenters. The van der Waals surface area contributed by atoms with E-state index < -0.39 is 0 Å². The van der Waals surface area contributed by atoms with Gasteiger partial charge in [0.2, 0.25) is 11.0 Å². The maximum Gasteiger partial charge on any atom is 0.221 e. The highest BCUT2D eigenvalue weighted by Gasteiger charge is 2.15. The highest BCUT2D eigenvalue weighted by Crippen LogP contribution is 2.27. The van der Waals surface area contributed by atoms with Gasteiger partial charge in [-0.05, 0) is 67.1 Å². The Labute approximate surface area is 189 Å².